The molecule has 0 aliphatic carbocycles. The second-order valence-electron chi connectivity index (χ2n) is 2.97. The molecule has 0 aliphatic rings. The Morgan fingerprint density at radius 2 is 1.35 bits per heavy atom. The zero-order valence-electron chi connectivity index (χ0n) is 8.93. The van der Waals surface area contributed by atoms with E-state index in [1.165, 1.54) is 0 Å². The van der Waals surface area contributed by atoms with Crippen molar-refractivity contribution >= 4 is 10.0 Å². The van der Waals surface area contributed by atoms with Gasteiger partial charge >= 0.3 is 11.4 Å². The first-order valence-electron chi connectivity index (χ1n) is 3.91. The van der Waals surface area contributed by atoms with Gasteiger partial charge in [0.25, 0.3) is 10.0 Å². The maximum Gasteiger partial charge on any atom is 0.470 e. The summed E-state index contributed by atoms with van der Waals surface area (Å²) in [5, 5.41) is -5.96. The number of nitrogens with one attached hydrogen (secondary N) is 1. The van der Waals surface area contributed by atoms with Crippen LogP contribution in [-0.4, -0.2) is 40.0 Å². The predicted octanol–water partition coefficient (Wildman–Crippen LogP) is 1.03. The number of methoxy groups -OCH3 is 2. The van der Waals surface area contributed by atoms with E-state index in [-0.39, 0.29) is 0 Å². The molecular formula is C6H10F5NO4S. The Morgan fingerprint density at radius 1 is 1.00 bits per heavy atom. The molecule has 0 unspecified atom stereocenters. The Morgan fingerprint density at radius 3 is 1.59 bits per heavy atom. The first-order chi connectivity index (χ1) is 7.33. The van der Waals surface area contributed by atoms with Crippen molar-refractivity contribution in [1.29, 1.82) is 0 Å². The third-order valence-electron chi connectivity index (χ3n) is 1.77. The smallest absolute Gasteiger partial charge is 0.340 e. The van der Waals surface area contributed by atoms with Gasteiger partial charge in [-0.2, -0.15) is 26.7 Å². The van der Waals surface area contributed by atoms with E-state index in [4.69, 9.17) is 0 Å². The molecule has 1 N–H and O–H groups in total. The Labute approximate surface area is 93.9 Å². The van der Waals surface area contributed by atoms with Crippen LogP contribution in [0.4, 0.5) is 22.0 Å². The largest absolute Gasteiger partial charge is 0.470 e. The van der Waals surface area contributed by atoms with Crippen molar-refractivity contribution in [2.45, 2.75) is 24.3 Å². The van der Waals surface area contributed by atoms with E-state index >= 15 is 0 Å². The first kappa shape index (κ1) is 16.5. The van der Waals surface area contributed by atoms with Crippen LogP contribution in [0.2, 0.25) is 0 Å². The monoisotopic (exact) mass is 287 g/mol. The van der Waals surface area contributed by atoms with Crippen LogP contribution >= 0.6 is 0 Å². The predicted molar refractivity (Wildman–Crippen MR) is 45.5 cm³/mol. The minimum atomic E-state index is -6.25. The van der Waals surface area contributed by atoms with Crippen molar-refractivity contribution in [1.82, 2.24) is 4.72 Å². The minimum Gasteiger partial charge on any atom is -0.340 e. The van der Waals surface area contributed by atoms with Crippen molar-refractivity contribution in [3.05, 3.63) is 0 Å². The van der Waals surface area contributed by atoms with Crippen LogP contribution in [0, 0.1) is 0 Å². The standard InChI is InChI=1S/C6H10F5NO4S/c1-4(15-2,16-3)12-17(13,14)6(10,11)5(7,8)9/h12H,1-3H3. The van der Waals surface area contributed by atoms with E-state index in [0.29, 0.717) is 0 Å². The maximum atomic E-state index is 12.6. The van der Waals surface area contributed by atoms with E-state index in [1.807, 2.05) is 0 Å². The molecule has 0 rings (SSSR count). The van der Waals surface area contributed by atoms with E-state index in [9.17, 15) is 30.4 Å². The molecule has 0 saturated carbocycles. The van der Waals surface area contributed by atoms with E-state index in [0.717, 1.165) is 25.9 Å². The lowest BCUT2D eigenvalue weighted by Gasteiger charge is -2.29. The van der Waals surface area contributed by atoms with Crippen LogP contribution in [0.1, 0.15) is 6.92 Å². The average Bonchev–Trinajstić information content (AvgIpc) is 2.15. The molecule has 11 heteroatoms. The summed E-state index contributed by atoms with van der Waals surface area (Å²) in [5.41, 5.74) is 0. The Bertz CT molecular complexity index is 361. The summed E-state index contributed by atoms with van der Waals surface area (Å²) >= 11 is 0. The molecule has 0 saturated heterocycles. The third-order valence-corrected chi connectivity index (χ3v) is 3.31. The van der Waals surface area contributed by atoms with Gasteiger partial charge < -0.3 is 9.47 Å². The molecular weight excluding hydrogens is 277 g/mol. The minimum absolute atomic E-state index is 0.816. The highest BCUT2D eigenvalue weighted by atomic mass is 32.2. The normalized spacial score (nSPS) is 15.1. The topological polar surface area (TPSA) is 64.6 Å². The lowest BCUT2D eigenvalue weighted by molar-refractivity contribution is -0.245. The molecule has 0 aromatic heterocycles. The Kier molecular flexibility index (Phi) is 4.49. The summed E-state index contributed by atoms with van der Waals surface area (Å²) in [4.78, 5) is 0. The Balaban J connectivity index is 5.32. The van der Waals surface area contributed by atoms with Crippen LogP contribution in [0.5, 0.6) is 0 Å². The lowest BCUT2D eigenvalue weighted by Crippen LogP contribution is -2.57. The molecule has 0 aliphatic heterocycles. The van der Waals surface area contributed by atoms with Crippen molar-refractivity contribution in [3.8, 4) is 0 Å². The fourth-order valence-electron chi connectivity index (χ4n) is 0.627. The molecule has 0 amide bonds. The van der Waals surface area contributed by atoms with Crippen LogP contribution in [-0.2, 0) is 19.5 Å². The fourth-order valence-corrected chi connectivity index (χ4v) is 1.71. The highest BCUT2D eigenvalue weighted by molar-refractivity contribution is 7.90. The number of rotatable bonds is 5. The van der Waals surface area contributed by atoms with Gasteiger partial charge in [-0.05, 0) is 0 Å². The van der Waals surface area contributed by atoms with Crippen LogP contribution in [0.3, 0.4) is 0 Å². The first-order valence-corrected chi connectivity index (χ1v) is 5.39. The third kappa shape index (κ3) is 3.24. The van der Waals surface area contributed by atoms with E-state index in [1.54, 1.807) is 0 Å². The van der Waals surface area contributed by atoms with Gasteiger partial charge in [-0.25, -0.2) is 8.42 Å². The zero-order valence-corrected chi connectivity index (χ0v) is 9.75. The molecule has 0 fully saturated rings. The number of hydrogen-bond donors (Lipinski definition) is 1. The summed E-state index contributed by atoms with van der Waals surface area (Å²) in [6.07, 6.45) is -6.25. The van der Waals surface area contributed by atoms with Crippen molar-refractivity contribution in [3.63, 3.8) is 0 Å². The van der Waals surface area contributed by atoms with Gasteiger partial charge in [0.15, 0.2) is 0 Å². The van der Waals surface area contributed by atoms with Gasteiger partial charge in [-0.1, -0.05) is 0 Å². The molecule has 104 valence electrons. The highest BCUT2D eigenvalue weighted by Gasteiger charge is 2.68. The van der Waals surface area contributed by atoms with Crippen molar-refractivity contribution in [2.24, 2.45) is 0 Å². The molecule has 0 atom stereocenters. The summed E-state index contributed by atoms with van der Waals surface area (Å²) in [6, 6.07) is 0. The second-order valence-corrected chi connectivity index (χ2v) is 4.70. The SMILES string of the molecule is COC(C)(NS(=O)(=O)C(F)(F)C(F)(F)F)OC. The van der Waals surface area contributed by atoms with Crippen molar-refractivity contribution < 1.29 is 39.8 Å². The molecule has 0 heterocycles. The number of halogens is 5. The van der Waals surface area contributed by atoms with Gasteiger partial charge in [0.05, 0.1) is 0 Å². The molecule has 17 heavy (non-hydrogen) atoms. The fraction of sp³-hybridized carbons (Fsp3) is 1.00. The van der Waals surface area contributed by atoms with Crippen molar-refractivity contribution in [2.75, 3.05) is 14.2 Å². The second kappa shape index (κ2) is 4.63. The van der Waals surface area contributed by atoms with Gasteiger partial charge in [0.2, 0.25) is 5.91 Å². The van der Waals surface area contributed by atoms with Crippen LogP contribution in [0.15, 0.2) is 0 Å². The number of ether oxygens (including phenoxy) is 2. The lowest BCUT2D eigenvalue weighted by atomic mass is 10.6. The summed E-state index contributed by atoms with van der Waals surface area (Å²) in [6.45, 7) is 0.816. The number of sulfonamides is 1. The molecule has 0 aromatic carbocycles. The number of hydrogen-bond acceptors (Lipinski definition) is 4. The van der Waals surface area contributed by atoms with Gasteiger partial charge in [-0.3, -0.25) is 0 Å². The van der Waals surface area contributed by atoms with Gasteiger partial charge in [0, 0.05) is 21.1 Å². The van der Waals surface area contributed by atoms with E-state index in [2.05, 4.69) is 9.47 Å². The number of alkyl halides is 5. The van der Waals surface area contributed by atoms with Gasteiger partial charge in [0.1, 0.15) is 0 Å². The van der Waals surface area contributed by atoms with Gasteiger partial charge in [-0.15, -0.1) is 0 Å². The quantitative estimate of drug-likeness (QED) is 0.606. The summed E-state index contributed by atoms with van der Waals surface area (Å²) < 4.78 is 92.2. The van der Waals surface area contributed by atoms with Crippen LogP contribution < -0.4 is 4.72 Å². The van der Waals surface area contributed by atoms with E-state index < -0.39 is 27.4 Å². The molecule has 5 nitrogen and oxygen atoms in total. The molecule has 0 spiro atoms. The maximum absolute atomic E-state index is 12.6. The summed E-state index contributed by atoms with van der Waals surface area (Å²) in [7, 11) is -4.34. The molecule has 0 aromatic rings. The average molecular weight is 287 g/mol. The zero-order chi connectivity index (χ0) is 14.1. The summed E-state index contributed by atoms with van der Waals surface area (Å²) in [5.74, 6) is -2.33. The Hall–Kier alpha value is -0.520. The molecule has 0 bridgehead atoms. The van der Waals surface area contributed by atoms with Crippen LogP contribution in [0.25, 0.3) is 0 Å². The highest BCUT2D eigenvalue weighted by Crippen LogP contribution is 2.39. The molecule has 0 radical (unpaired) electrons.